The van der Waals surface area contributed by atoms with Crippen molar-refractivity contribution >= 4 is 159 Å². The van der Waals surface area contributed by atoms with Crippen LogP contribution in [-0.2, 0) is 0 Å². The first-order valence-corrected chi connectivity index (χ1v) is 15.8. The molecule has 0 aliphatic carbocycles. The van der Waals surface area contributed by atoms with E-state index in [0.29, 0.717) is 13.2 Å². The summed E-state index contributed by atoms with van der Waals surface area (Å²) < 4.78 is 20.9. The number of halogens is 10. The molecule has 0 spiro atoms. The predicted octanol–water partition coefficient (Wildman–Crippen LogP) is 11.9. The summed E-state index contributed by atoms with van der Waals surface area (Å²) >= 11 is 35.5. The van der Waals surface area contributed by atoms with Gasteiger partial charge in [0.2, 0.25) is 0 Å². The summed E-state index contributed by atoms with van der Waals surface area (Å²) in [6.45, 7) is 1.22. The molecule has 2 aromatic carbocycles. The molecule has 0 radical (unpaired) electrons. The van der Waals surface area contributed by atoms with Gasteiger partial charge in [0.05, 0.1) is 49.0 Å². The molecule has 0 saturated heterocycles. The zero-order valence-electron chi connectivity index (χ0n) is 14.1. The molecule has 0 saturated carbocycles. The van der Waals surface area contributed by atoms with Crippen LogP contribution in [0.5, 0.6) is 11.5 Å². The van der Waals surface area contributed by atoms with E-state index in [-0.39, 0.29) is 0 Å². The number of rotatable bonds is 8. The van der Waals surface area contributed by atoms with Crippen LogP contribution in [0, 0.1) is 0 Å². The quantitative estimate of drug-likeness (QED) is 0.149. The van der Waals surface area contributed by atoms with E-state index in [1.54, 1.807) is 0 Å². The average Bonchev–Trinajstić information content (AvgIpc) is 2.71. The zero-order chi connectivity index (χ0) is 21.9. The van der Waals surface area contributed by atoms with Gasteiger partial charge in [-0.25, -0.2) is 0 Å². The molecule has 0 aliphatic rings. The van der Waals surface area contributed by atoms with Gasteiger partial charge in [0, 0.05) is 8.95 Å². The highest BCUT2D eigenvalue weighted by atomic mass is 79.9. The van der Waals surface area contributed by atoms with E-state index in [1.807, 2.05) is 0 Å². The molecular formula is C17H10Br10O2. The van der Waals surface area contributed by atoms with Crippen molar-refractivity contribution in [3.8, 4) is 11.5 Å². The van der Waals surface area contributed by atoms with Crippen molar-refractivity contribution in [2.75, 3.05) is 13.2 Å². The van der Waals surface area contributed by atoms with Gasteiger partial charge in [0.25, 0.3) is 0 Å². The molecule has 0 unspecified atom stereocenters. The van der Waals surface area contributed by atoms with Gasteiger partial charge in [-0.1, -0.05) is 0 Å². The summed E-state index contributed by atoms with van der Waals surface area (Å²) in [7, 11) is 0. The monoisotopic (exact) mass is 1040 g/mol. The Morgan fingerprint density at radius 1 is 0.345 bits per heavy atom. The van der Waals surface area contributed by atoms with Crippen molar-refractivity contribution in [1.29, 1.82) is 0 Å². The van der Waals surface area contributed by atoms with Gasteiger partial charge in [0.1, 0.15) is 11.5 Å². The first kappa shape index (κ1) is 28.1. The molecule has 0 aromatic heterocycles. The van der Waals surface area contributed by atoms with Crippen LogP contribution in [0.1, 0.15) is 19.3 Å². The molecule has 0 bridgehead atoms. The standard InChI is InChI=1S/C17H10Br10O2/c18-6-8(20)12(24)16(13(25)9(6)21)28-4-2-1-3-5-29-17-14(26)10(22)7(19)11(23)15(17)27/h1-5H2. The molecule has 0 N–H and O–H groups in total. The second-order valence-electron chi connectivity index (χ2n) is 5.56. The number of unbranched alkanes of at least 4 members (excludes halogenated alkanes) is 2. The Labute approximate surface area is 253 Å². The highest BCUT2D eigenvalue weighted by Gasteiger charge is 2.20. The summed E-state index contributed by atoms with van der Waals surface area (Å²) in [6.07, 6.45) is 2.83. The fraction of sp³-hybridized carbons (Fsp3) is 0.294. The largest absolute Gasteiger partial charge is 0.491 e. The van der Waals surface area contributed by atoms with Crippen LogP contribution < -0.4 is 9.47 Å². The van der Waals surface area contributed by atoms with E-state index in [2.05, 4.69) is 159 Å². The fourth-order valence-electron chi connectivity index (χ4n) is 2.15. The molecule has 2 rings (SSSR count). The van der Waals surface area contributed by atoms with Gasteiger partial charge >= 0.3 is 0 Å². The Morgan fingerprint density at radius 3 is 0.862 bits per heavy atom. The minimum Gasteiger partial charge on any atom is -0.491 e. The van der Waals surface area contributed by atoms with E-state index in [0.717, 1.165) is 75.5 Å². The Bertz CT molecular complexity index is 785. The molecule has 2 nitrogen and oxygen atoms in total. The normalized spacial score (nSPS) is 11.1. The Kier molecular flexibility index (Phi) is 12.7. The maximum Gasteiger partial charge on any atom is 0.150 e. The van der Waals surface area contributed by atoms with E-state index in [9.17, 15) is 0 Å². The van der Waals surface area contributed by atoms with Crippen LogP contribution in [0.15, 0.2) is 44.7 Å². The van der Waals surface area contributed by atoms with Crippen LogP contribution in [0.2, 0.25) is 0 Å². The Hall–Kier alpha value is 2.84. The smallest absolute Gasteiger partial charge is 0.150 e. The molecule has 29 heavy (non-hydrogen) atoms. The Morgan fingerprint density at radius 2 is 0.586 bits per heavy atom. The van der Waals surface area contributed by atoms with Crippen LogP contribution in [0.25, 0.3) is 0 Å². The average molecular weight is 1050 g/mol. The van der Waals surface area contributed by atoms with E-state index in [4.69, 9.17) is 9.47 Å². The van der Waals surface area contributed by atoms with Crippen molar-refractivity contribution < 1.29 is 9.47 Å². The third-order valence-corrected chi connectivity index (χ3v) is 15.7. The molecule has 0 fully saturated rings. The fourth-order valence-corrected chi connectivity index (χ4v) is 8.63. The SMILES string of the molecule is Brc1c(Br)c(Br)c(OCCCCCOc2c(Br)c(Br)c(Br)c(Br)c2Br)c(Br)c1Br. The summed E-state index contributed by atoms with van der Waals surface area (Å²) in [5, 5.41) is 0. The topological polar surface area (TPSA) is 18.5 Å². The van der Waals surface area contributed by atoms with Crippen LogP contribution >= 0.6 is 159 Å². The van der Waals surface area contributed by atoms with Crippen LogP contribution in [0.3, 0.4) is 0 Å². The van der Waals surface area contributed by atoms with Crippen molar-refractivity contribution in [3.63, 3.8) is 0 Å². The molecule has 0 aliphatic heterocycles. The molecular weight excluding hydrogens is 1040 g/mol. The molecule has 2 aromatic rings. The molecule has 160 valence electrons. The Balaban J connectivity index is 1.84. The lowest BCUT2D eigenvalue weighted by atomic mass is 10.2. The number of hydrogen-bond acceptors (Lipinski definition) is 2. The van der Waals surface area contributed by atoms with Gasteiger partial charge in [-0.2, -0.15) is 0 Å². The maximum atomic E-state index is 5.98. The first-order chi connectivity index (χ1) is 13.6. The lowest BCUT2D eigenvalue weighted by molar-refractivity contribution is 0.275. The number of ether oxygens (including phenoxy) is 2. The molecule has 12 heteroatoms. The molecule has 0 heterocycles. The lowest BCUT2D eigenvalue weighted by Gasteiger charge is -2.15. The summed E-state index contributed by atoms with van der Waals surface area (Å²) in [5.41, 5.74) is 0. The van der Waals surface area contributed by atoms with Crippen molar-refractivity contribution in [1.82, 2.24) is 0 Å². The minimum atomic E-state index is 0.612. The van der Waals surface area contributed by atoms with Gasteiger partial charge in [-0.05, 0) is 179 Å². The van der Waals surface area contributed by atoms with Crippen LogP contribution in [0.4, 0.5) is 0 Å². The van der Waals surface area contributed by atoms with Gasteiger partial charge in [0.15, 0.2) is 0 Å². The van der Waals surface area contributed by atoms with Gasteiger partial charge < -0.3 is 9.47 Å². The first-order valence-electron chi connectivity index (χ1n) is 7.88. The second kappa shape index (κ2) is 13.1. The lowest BCUT2D eigenvalue weighted by Crippen LogP contribution is -2.03. The highest BCUT2D eigenvalue weighted by molar-refractivity contribution is 9.16. The van der Waals surface area contributed by atoms with E-state index >= 15 is 0 Å². The van der Waals surface area contributed by atoms with E-state index < -0.39 is 0 Å². The highest BCUT2D eigenvalue weighted by Crippen LogP contribution is 2.49. The number of benzene rings is 2. The summed E-state index contributed by atoms with van der Waals surface area (Å²) in [5.74, 6) is 1.53. The van der Waals surface area contributed by atoms with Crippen LogP contribution in [-0.4, -0.2) is 13.2 Å². The maximum absolute atomic E-state index is 5.98. The van der Waals surface area contributed by atoms with Crippen molar-refractivity contribution in [3.05, 3.63) is 44.7 Å². The van der Waals surface area contributed by atoms with Gasteiger partial charge in [-0.15, -0.1) is 0 Å². The predicted molar refractivity (Wildman–Crippen MR) is 155 cm³/mol. The summed E-state index contributed by atoms with van der Waals surface area (Å²) in [6, 6.07) is 0. The second-order valence-corrected chi connectivity index (χ2v) is 13.5. The molecule has 0 atom stereocenters. The van der Waals surface area contributed by atoms with Crippen molar-refractivity contribution in [2.24, 2.45) is 0 Å². The van der Waals surface area contributed by atoms with Crippen molar-refractivity contribution in [2.45, 2.75) is 19.3 Å². The molecule has 0 amide bonds. The number of hydrogen-bond donors (Lipinski definition) is 0. The zero-order valence-corrected chi connectivity index (χ0v) is 30.0. The van der Waals surface area contributed by atoms with Gasteiger partial charge in [-0.3, -0.25) is 0 Å². The third kappa shape index (κ3) is 6.93. The summed E-state index contributed by atoms with van der Waals surface area (Å²) in [4.78, 5) is 0. The minimum absolute atomic E-state index is 0.612. The third-order valence-electron chi connectivity index (χ3n) is 3.62. The van der Waals surface area contributed by atoms with E-state index in [1.165, 1.54) is 0 Å².